The summed E-state index contributed by atoms with van der Waals surface area (Å²) in [5.41, 5.74) is 9.56. The van der Waals surface area contributed by atoms with E-state index in [4.69, 9.17) is 10.7 Å². The van der Waals surface area contributed by atoms with Gasteiger partial charge in [-0.25, -0.2) is 13.4 Å². The second-order valence-corrected chi connectivity index (χ2v) is 10.3. The van der Waals surface area contributed by atoms with Gasteiger partial charge in [-0.1, -0.05) is 36.2 Å². The molecule has 2 aromatic carbocycles. The average Bonchev–Trinajstić information content (AvgIpc) is 2.90. The summed E-state index contributed by atoms with van der Waals surface area (Å²) in [6.45, 7) is 4.60. The van der Waals surface area contributed by atoms with Gasteiger partial charge in [-0.05, 0) is 50.1 Å². The zero-order valence-electron chi connectivity index (χ0n) is 18.0. The third-order valence-corrected chi connectivity index (χ3v) is 7.56. The van der Waals surface area contributed by atoms with Crippen LogP contribution in [0.15, 0.2) is 53.4 Å². The largest absolute Gasteiger partial charge is 0.384 e. The second-order valence-electron chi connectivity index (χ2n) is 8.17. The molecule has 0 bridgehead atoms. The smallest absolute Gasteiger partial charge is 0.180 e. The van der Waals surface area contributed by atoms with Gasteiger partial charge in [-0.15, -0.1) is 0 Å². The summed E-state index contributed by atoms with van der Waals surface area (Å²) >= 11 is 0. The van der Waals surface area contributed by atoms with Gasteiger partial charge in [0.2, 0.25) is 0 Å². The Balaban J connectivity index is 1.68. The Hall–Kier alpha value is -2.64. The lowest BCUT2D eigenvalue weighted by Crippen LogP contribution is -2.26. The van der Waals surface area contributed by atoms with Gasteiger partial charge >= 0.3 is 0 Å². The molecule has 1 aliphatic heterocycles. The van der Waals surface area contributed by atoms with E-state index >= 15 is 0 Å². The van der Waals surface area contributed by atoms with Crippen LogP contribution in [0.25, 0.3) is 10.9 Å². The number of aryl methyl sites for hydroxylation is 1. The Bertz CT molecular complexity index is 1180. The Morgan fingerprint density at radius 1 is 1.10 bits per heavy atom. The lowest BCUT2D eigenvalue weighted by Gasteiger charge is -2.23. The fourth-order valence-corrected chi connectivity index (χ4v) is 5.56. The number of pyridine rings is 1. The van der Waals surface area contributed by atoms with Gasteiger partial charge in [-0.2, -0.15) is 0 Å². The van der Waals surface area contributed by atoms with Crippen LogP contribution in [-0.2, 0) is 16.4 Å². The molecule has 1 aliphatic rings. The summed E-state index contributed by atoms with van der Waals surface area (Å²) in [7, 11) is -3.30. The van der Waals surface area contributed by atoms with Crippen LogP contribution < -0.4 is 16.0 Å². The first kappa shape index (κ1) is 21.6. The molecule has 164 valence electrons. The average molecular weight is 439 g/mol. The molecule has 0 amide bonds. The molecule has 31 heavy (non-hydrogen) atoms. The van der Waals surface area contributed by atoms with Crippen LogP contribution in [-0.4, -0.2) is 38.8 Å². The second kappa shape index (κ2) is 9.24. The first-order valence-corrected chi connectivity index (χ1v) is 12.5. The van der Waals surface area contributed by atoms with Crippen LogP contribution >= 0.6 is 0 Å². The number of fused-ring (bicyclic) bond motifs is 2. The van der Waals surface area contributed by atoms with E-state index in [1.807, 2.05) is 18.2 Å². The molecule has 0 saturated heterocycles. The van der Waals surface area contributed by atoms with Gasteiger partial charge in [0.1, 0.15) is 5.82 Å². The highest BCUT2D eigenvalue weighted by Gasteiger charge is 2.26. The van der Waals surface area contributed by atoms with E-state index in [2.05, 4.69) is 35.3 Å². The Labute approximate surface area is 184 Å². The number of nitrogens with two attached hydrogens (primary N) is 1. The topological polar surface area (TPSA) is 88.3 Å². The fraction of sp³-hybridized carbons (Fsp3) is 0.375. The molecule has 0 atom stereocenters. The maximum absolute atomic E-state index is 12.7. The number of anilines is 2. The van der Waals surface area contributed by atoms with E-state index in [1.54, 1.807) is 12.1 Å². The normalized spacial score (nSPS) is 15.5. The van der Waals surface area contributed by atoms with Crippen molar-refractivity contribution < 1.29 is 8.42 Å². The molecule has 2 heterocycles. The molecule has 0 aliphatic carbocycles. The molecular formula is C24H30N4O2S. The molecule has 7 heteroatoms. The van der Waals surface area contributed by atoms with Gasteiger partial charge in [-0.3, -0.25) is 0 Å². The minimum atomic E-state index is -3.30. The van der Waals surface area contributed by atoms with Gasteiger partial charge in [0.05, 0.1) is 16.2 Å². The monoisotopic (exact) mass is 438 g/mol. The SMILES string of the molecule is Cc1ccc2nc(N3CCS(=O)(=O)c4ccccc4C3)cc(NCCCCCN)c2c1. The third-order valence-electron chi connectivity index (χ3n) is 5.77. The number of rotatable bonds is 7. The summed E-state index contributed by atoms with van der Waals surface area (Å²) < 4.78 is 25.5. The molecule has 0 saturated carbocycles. The highest BCUT2D eigenvalue weighted by molar-refractivity contribution is 7.91. The van der Waals surface area contributed by atoms with Crippen LogP contribution in [0, 0.1) is 6.92 Å². The first-order chi connectivity index (χ1) is 15.0. The number of aromatic nitrogens is 1. The third kappa shape index (κ3) is 4.83. The van der Waals surface area contributed by atoms with Crippen LogP contribution in [0.3, 0.4) is 0 Å². The van der Waals surface area contributed by atoms with Crippen molar-refractivity contribution in [1.82, 2.24) is 4.98 Å². The van der Waals surface area contributed by atoms with Crippen molar-refractivity contribution in [2.75, 3.05) is 35.6 Å². The van der Waals surface area contributed by atoms with E-state index in [0.717, 1.165) is 60.3 Å². The maximum Gasteiger partial charge on any atom is 0.180 e. The van der Waals surface area contributed by atoms with E-state index in [1.165, 1.54) is 5.56 Å². The van der Waals surface area contributed by atoms with Crippen molar-refractivity contribution in [1.29, 1.82) is 0 Å². The lowest BCUT2D eigenvalue weighted by molar-refractivity contribution is 0.596. The van der Waals surface area contributed by atoms with Crippen LogP contribution in [0.2, 0.25) is 0 Å². The number of nitrogens with zero attached hydrogens (tertiary/aromatic N) is 2. The number of benzene rings is 2. The summed E-state index contributed by atoms with van der Waals surface area (Å²) in [5, 5.41) is 4.67. The summed E-state index contributed by atoms with van der Waals surface area (Å²) in [5.74, 6) is 0.882. The zero-order valence-corrected chi connectivity index (χ0v) is 18.8. The molecule has 0 fully saturated rings. The maximum atomic E-state index is 12.7. The molecule has 4 rings (SSSR count). The van der Waals surface area contributed by atoms with E-state index < -0.39 is 9.84 Å². The van der Waals surface area contributed by atoms with E-state index in [9.17, 15) is 8.42 Å². The molecule has 0 radical (unpaired) electrons. The Kier molecular flexibility index (Phi) is 6.43. The first-order valence-electron chi connectivity index (χ1n) is 10.9. The van der Waals surface area contributed by atoms with Crippen LogP contribution in [0.5, 0.6) is 0 Å². The van der Waals surface area contributed by atoms with E-state index in [0.29, 0.717) is 18.0 Å². The molecule has 0 spiro atoms. The van der Waals surface area contributed by atoms with E-state index in [-0.39, 0.29) is 5.75 Å². The van der Waals surface area contributed by atoms with Gasteiger partial charge in [0.25, 0.3) is 0 Å². The van der Waals surface area contributed by atoms with Crippen molar-refractivity contribution in [3.63, 3.8) is 0 Å². The molecular weight excluding hydrogens is 408 g/mol. The minimum absolute atomic E-state index is 0.0828. The quantitative estimate of drug-likeness (QED) is 0.544. The zero-order chi connectivity index (χ0) is 21.8. The number of unbranched alkanes of at least 4 members (excludes halogenated alkanes) is 2. The van der Waals surface area contributed by atoms with Gasteiger partial charge in [0.15, 0.2) is 9.84 Å². The van der Waals surface area contributed by atoms with Crippen molar-refractivity contribution in [3.05, 3.63) is 59.7 Å². The predicted octanol–water partition coefficient (Wildman–Crippen LogP) is 3.88. The molecule has 0 unspecified atom stereocenters. The lowest BCUT2D eigenvalue weighted by atomic mass is 10.1. The number of sulfone groups is 1. The predicted molar refractivity (Wildman–Crippen MR) is 127 cm³/mol. The number of nitrogens with one attached hydrogen (secondary N) is 1. The fourth-order valence-electron chi connectivity index (χ4n) is 4.06. The van der Waals surface area contributed by atoms with Gasteiger partial charge in [0, 0.05) is 36.8 Å². The van der Waals surface area contributed by atoms with Crippen molar-refractivity contribution in [3.8, 4) is 0 Å². The summed E-state index contributed by atoms with van der Waals surface area (Å²) in [6.07, 6.45) is 3.18. The Morgan fingerprint density at radius 3 is 2.77 bits per heavy atom. The molecule has 6 nitrogen and oxygen atoms in total. The van der Waals surface area contributed by atoms with Crippen LogP contribution in [0.1, 0.15) is 30.4 Å². The minimum Gasteiger partial charge on any atom is -0.384 e. The Morgan fingerprint density at radius 2 is 1.94 bits per heavy atom. The van der Waals surface area contributed by atoms with Crippen molar-refractivity contribution >= 4 is 32.2 Å². The number of hydrogen-bond donors (Lipinski definition) is 2. The standard InChI is InChI=1S/C24H30N4O2S/c1-18-9-10-21-20(15-18)22(26-12-6-2-5-11-25)16-24(27-21)28-13-14-31(29,30)23-8-4-3-7-19(23)17-28/h3-4,7-10,15-16H,2,5-6,11-14,17,25H2,1H3,(H,26,27). The van der Waals surface area contributed by atoms with Crippen molar-refractivity contribution in [2.45, 2.75) is 37.6 Å². The molecule has 3 aromatic rings. The molecule has 1 aromatic heterocycles. The van der Waals surface area contributed by atoms with Crippen LogP contribution in [0.4, 0.5) is 11.5 Å². The summed E-state index contributed by atoms with van der Waals surface area (Å²) in [6, 6.07) is 15.6. The van der Waals surface area contributed by atoms with Gasteiger partial charge < -0.3 is 16.0 Å². The summed E-state index contributed by atoms with van der Waals surface area (Å²) in [4.78, 5) is 7.40. The highest BCUT2D eigenvalue weighted by Crippen LogP contribution is 2.31. The van der Waals surface area contributed by atoms with Crippen molar-refractivity contribution in [2.24, 2.45) is 5.73 Å². The highest BCUT2D eigenvalue weighted by atomic mass is 32.2. The molecule has 3 N–H and O–H groups in total. The number of hydrogen-bond acceptors (Lipinski definition) is 6.